The second kappa shape index (κ2) is 8.53. The first-order valence-corrected chi connectivity index (χ1v) is 18.1. The van der Waals surface area contributed by atoms with Crippen LogP contribution in [0.25, 0.3) is 0 Å². The summed E-state index contributed by atoms with van der Waals surface area (Å²) >= 11 is 0. The second-order valence-corrected chi connectivity index (χ2v) is 21.1. The van der Waals surface area contributed by atoms with E-state index in [1.54, 1.807) is 13.0 Å². The molecule has 2 rings (SSSR count). The number of rotatable bonds is 10. The van der Waals surface area contributed by atoms with Crippen molar-refractivity contribution in [3.8, 4) is 0 Å². The molecule has 2 bridgehead atoms. The number of esters is 1. The molecule has 0 spiro atoms. The average molecular weight is 467 g/mol. The van der Waals surface area contributed by atoms with Crippen LogP contribution < -0.4 is 0 Å². The molecular weight excluding hydrogens is 428 g/mol. The molecule has 174 valence electrons. The van der Waals surface area contributed by atoms with Crippen LogP contribution in [-0.4, -0.2) is 51.9 Å². The molecule has 0 aromatic rings. The highest BCUT2D eigenvalue weighted by Gasteiger charge is 2.78. The molecule has 0 N–H and O–H groups in total. The smallest absolute Gasteiger partial charge is 0.325 e. The molecule has 0 radical (unpaired) electrons. The maximum atomic E-state index is 13.5. The number of hydrogen-bond donors (Lipinski definition) is 0. The molecule has 0 amide bonds. The first-order chi connectivity index (χ1) is 14.0. The van der Waals surface area contributed by atoms with Crippen molar-refractivity contribution in [2.24, 2.45) is 5.41 Å². The second-order valence-electron chi connectivity index (χ2n) is 11.0. The van der Waals surface area contributed by atoms with E-state index in [0.29, 0.717) is 6.42 Å². The summed E-state index contributed by atoms with van der Waals surface area (Å²) < 4.78 is 18.3. The summed E-state index contributed by atoms with van der Waals surface area (Å²) in [6, 6.07) is 0.786. The molecule has 0 unspecified atom stereocenters. The van der Waals surface area contributed by atoms with Crippen LogP contribution in [0.3, 0.4) is 0 Å². The molecule has 2 aliphatic rings. The molecule has 2 heterocycles. The molecule has 6 nitrogen and oxygen atoms in total. The normalized spacial score (nSPS) is 30.7. The molecular formula is C23H38O6Si2. The van der Waals surface area contributed by atoms with Crippen molar-refractivity contribution in [3.63, 3.8) is 0 Å². The summed E-state index contributed by atoms with van der Waals surface area (Å²) in [5.74, 6) is -3.01. The Kier molecular flexibility index (Phi) is 7.13. The minimum Gasteiger partial charge on any atom is -0.465 e. The van der Waals surface area contributed by atoms with Crippen LogP contribution in [-0.2, 0) is 28.3 Å². The van der Waals surface area contributed by atoms with Gasteiger partial charge in [-0.3, -0.25) is 14.4 Å². The lowest BCUT2D eigenvalue weighted by Crippen LogP contribution is -2.60. The Morgan fingerprint density at radius 2 is 1.74 bits per heavy atom. The summed E-state index contributed by atoms with van der Waals surface area (Å²) in [7, 11) is -3.79. The van der Waals surface area contributed by atoms with Gasteiger partial charge in [-0.15, -0.1) is 0 Å². The third-order valence-electron chi connectivity index (χ3n) is 5.71. The van der Waals surface area contributed by atoms with Gasteiger partial charge < -0.3 is 13.9 Å². The Balaban J connectivity index is 2.49. The molecule has 1 saturated heterocycles. The van der Waals surface area contributed by atoms with Crippen LogP contribution >= 0.6 is 0 Å². The average Bonchev–Trinajstić information content (AvgIpc) is 2.99. The number of allylic oxidation sites excluding steroid dienone is 2. The van der Waals surface area contributed by atoms with Crippen molar-refractivity contribution in [2.75, 3.05) is 6.61 Å². The lowest BCUT2D eigenvalue weighted by molar-refractivity contribution is -0.207. The van der Waals surface area contributed by atoms with Crippen molar-refractivity contribution in [1.29, 1.82) is 0 Å². The maximum Gasteiger partial charge on any atom is 0.325 e. The van der Waals surface area contributed by atoms with Gasteiger partial charge in [0.25, 0.3) is 0 Å². The summed E-state index contributed by atoms with van der Waals surface area (Å²) in [5.41, 5.74) is -2.86. The van der Waals surface area contributed by atoms with Crippen LogP contribution in [0.5, 0.6) is 0 Å². The topological polar surface area (TPSA) is 78.9 Å². The summed E-state index contributed by atoms with van der Waals surface area (Å²) in [6.07, 6.45) is 6.18. The fourth-order valence-corrected chi connectivity index (χ4v) is 6.03. The summed E-state index contributed by atoms with van der Waals surface area (Å²) in [4.78, 5) is 40.1. The predicted molar refractivity (Wildman–Crippen MR) is 126 cm³/mol. The lowest BCUT2D eigenvalue weighted by atomic mass is 9.67. The number of ketones is 2. The molecule has 8 heteroatoms. The van der Waals surface area contributed by atoms with Gasteiger partial charge >= 0.3 is 5.97 Å². The molecule has 1 fully saturated rings. The number of carbonyl (C=O) groups is 3. The van der Waals surface area contributed by atoms with Crippen LogP contribution in [0.4, 0.5) is 0 Å². The van der Waals surface area contributed by atoms with Crippen molar-refractivity contribution in [3.05, 3.63) is 23.8 Å². The Labute approximate surface area is 188 Å². The molecule has 0 saturated carbocycles. The van der Waals surface area contributed by atoms with E-state index >= 15 is 0 Å². The van der Waals surface area contributed by atoms with Crippen molar-refractivity contribution >= 4 is 33.9 Å². The van der Waals surface area contributed by atoms with Crippen LogP contribution in [0.2, 0.25) is 45.3 Å². The number of ether oxygens (including phenoxy) is 2. The van der Waals surface area contributed by atoms with Gasteiger partial charge in [-0.2, -0.15) is 0 Å². The minimum absolute atomic E-state index is 0.173. The van der Waals surface area contributed by atoms with Gasteiger partial charge in [-0.1, -0.05) is 31.8 Å². The SMILES string of the molecule is C/C=C/CCC(=O)C1=C[C@]2(C)O[C@@]1(O[Si](C)(C)C)[C@@](C)(C(=O)OCC[Si](C)(C)C)C2=O. The van der Waals surface area contributed by atoms with Gasteiger partial charge in [0.05, 0.1) is 12.2 Å². The van der Waals surface area contributed by atoms with Crippen molar-refractivity contribution in [2.45, 2.75) is 90.3 Å². The summed E-state index contributed by atoms with van der Waals surface area (Å²) in [6.45, 7) is 17.7. The van der Waals surface area contributed by atoms with E-state index in [1.807, 2.05) is 38.7 Å². The van der Waals surface area contributed by atoms with E-state index in [2.05, 4.69) is 19.6 Å². The first-order valence-electron chi connectivity index (χ1n) is 11.0. The monoisotopic (exact) mass is 466 g/mol. The number of Topliss-reactive ketones (excluding diaryl/α,β-unsaturated/α-hetero) is 2. The Morgan fingerprint density at radius 1 is 1.13 bits per heavy atom. The van der Waals surface area contributed by atoms with Gasteiger partial charge in [0.2, 0.25) is 5.79 Å². The third-order valence-corrected chi connectivity index (χ3v) is 8.31. The number of hydrogen-bond acceptors (Lipinski definition) is 6. The summed E-state index contributed by atoms with van der Waals surface area (Å²) in [5, 5.41) is 0. The zero-order chi connectivity index (χ0) is 23.9. The van der Waals surface area contributed by atoms with E-state index in [1.165, 1.54) is 6.92 Å². The number of fused-ring (bicyclic) bond motifs is 2. The first kappa shape index (κ1) is 25.9. The van der Waals surface area contributed by atoms with E-state index in [-0.39, 0.29) is 24.4 Å². The molecule has 2 aliphatic heterocycles. The van der Waals surface area contributed by atoms with E-state index in [0.717, 1.165) is 6.04 Å². The van der Waals surface area contributed by atoms with Crippen LogP contribution in [0.15, 0.2) is 23.8 Å². The Morgan fingerprint density at radius 3 is 2.26 bits per heavy atom. The molecule has 3 atom stereocenters. The maximum absolute atomic E-state index is 13.5. The highest BCUT2D eigenvalue weighted by Crippen LogP contribution is 2.60. The lowest BCUT2D eigenvalue weighted by Gasteiger charge is -2.43. The largest absolute Gasteiger partial charge is 0.465 e. The highest BCUT2D eigenvalue weighted by atomic mass is 28.4. The van der Waals surface area contributed by atoms with Gasteiger partial charge in [0.15, 0.2) is 25.3 Å². The van der Waals surface area contributed by atoms with Crippen molar-refractivity contribution in [1.82, 2.24) is 0 Å². The van der Waals surface area contributed by atoms with E-state index < -0.39 is 44.9 Å². The Hall–Kier alpha value is -1.36. The van der Waals surface area contributed by atoms with Crippen LogP contribution in [0.1, 0.15) is 33.6 Å². The zero-order valence-corrected chi connectivity index (χ0v) is 22.5. The van der Waals surface area contributed by atoms with Gasteiger partial charge in [0.1, 0.15) is 5.60 Å². The molecule has 0 aromatic carbocycles. The predicted octanol–water partition coefficient (Wildman–Crippen LogP) is 4.65. The zero-order valence-electron chi connectivity index (χ0n) is 20.5. The standard InChI is InChI=1S/C23H38O6Si2/c1-10-11-12-13-18(24)17-16-21(2)19(25)22(3,20(26)27-14-15-30(4,5)6)23(17,28-21)29-31(7,8)9/h10-11,16H,12-15H2,1-9H3/b11-10+/t21-,22+,23-/m0/s1. The number of carbonyl (C=O) groups excluding carboxylic acids is 3. The van der Waals surface area contributed by atoms with Crippen LogP contribution in [0, 0.1) is 5.41 Å². The highest BCUT2D eigenvalue weighted by molar-refractivity contribution is 6.76. The fourth-order valence-electron chi connectivity index (χ4n) is 4.09. The van der Waals surface area contributed by atoms with Gasteiger partial charge in [0, 0.05) is 14.5 Å². The third kappa shape index (κ3) is 4.87. The minimum atomic E-state index is -2.36. The molecule has 0 aliphatic carbocycles. The van der Waals surface area contributed by atoms with Gasteiger partial charge in [-0.25, -0.2) is 0 Å². The molecule has 0 aromatic heterocycles. The quantitative estimate of drug-likeness (QED) is 0.202. The van der Waals surface area contributed by atoms with Crippen molar-refractivity contribution < 1.29 is 28.3 Å². The fraction of sp³-hybridized carbons (Fsp3) is 0.696. The Bertz CT molecular complexity index is 819. The van der Waals surface area contributed by atoms with E-state index in [4.69, 9.17) is 13.9 Å². The van der Waals surface area contributed by atoms with Gasteiger partial charge in [-0.05, 0) is 59.0 Å². The molecule has 31 heavy (non-hydrogen) atoms. The van der Waals surface area contributed by atoms with E-state index in [9.17, 15) is 14.4 Å².